The Morgan fingerprint density at radius 3 is 2.53 bits per heavy atom. The molecule has 0 spiro atoms. The van der Waals surface area contributed by atoms with E-state index < -0.39 is 4.92 Å². The van der Waals surface area contributed by atoms with Gasteiger partial charge in [-0.05, 0) is 19.3 Å². The molecule has 0 saturated carbocycles. The summed E-state index contributed by atoms with van der Waals surface area (Å²) in [6.07, 6.45) is 3.26. The number of anilines is 1. The third-order valence-corrected chi connectivity index (χ3v) is 4.32. The lowest BCUT2D eigenvalue weighted by Crippen LogP contribution is -2.29. The SMILES string of the molecule is CN(C)C(=O)c1cc([N+](=O)[O-])c(N2CCCCC2)s1. The molecule has 0 unspecified atom stereocenters. The average molecular weight is 283 g/mol. The van der Waals surface area contributed by atoms with Crippen LogP contribution in [0.1, 0.15) is 28.9 Å². The fourth-order valence-corrected chi connectivity index (χ4v) is 3.35. The third-order valence-electron chi connectivity index (χ3n) is 3.15. The quantitative estimate of drug-likeness (QED) is 0.631. The number of carbonyl (C=O) groups is 1. The number of hydrogen-bond acceptors (Lipinski definition) is 5. The molecule has 1 aromatic rings. The third kappa shape index (κ3) is 2.86. The summed E-state index contributed by atoms with van der Waals surface area (Å²) in [7, 11) is 3.29. The molecule has 1 aliphatic rings. The molecular weight excluding hydrogens is 266 g/mol. The van der Waals surface area contributed by atoms with Crippen molar-refractivity contribution in [3.63, 3.8) is 0 Å². The zero-order chi connectivity index (χ0) is 14.0. The highest BCUT2D eigenvalue weighted by molar-refractivity contribution is 7.18. The molecule has 0 N–H and O–H groups in total. The lowest BCUT2D eigenvalue weighted by molar-refractivity contribution is -0.383. The minimum atomic E-state index is -0.396. The molecule has 1 aliphatic heterocycles. The van der Waals surface area contributed by atoms with Gasteiger partial charge in [-0.1, -0.05) is 0 Å². The molecule has 6 nitrogen and oxygen atoms in total. The van der Waals surface area contributed by atoms with Crippen LogP contribution in [0.15, 0.2) is 6.07 Å². The van der Waals surface area contributed by atoms with Crippen molar-refractivity contribution >= 4 is 27.9 Å². The second-order valence-corrected chi connectivity index (χ2v) is 5.84. The second kappa shape index (κ2) is 5.56. The minimum absolute atomic E-state index is 0.0529. The van der Waals surface area contributed by atoms with Gasteiger partial charge in [-0.2, -0.15) is 0 Å². The van der Waals surface area contributed by atoms with Gasteiger partial charge in [-0.25, -0.2) is 0 Å². The van der Waals surface area contributed by atoms with Gasteiger partial charge in [0.05, 0.1) is 4.92 Å². The normalized spacial score (nSPS) is 15.4. The molecule has 104 valence electrons. The molecule has 2 rings (SSSR count). The van der Waals surface area contributed by atoms with Crippen molar-refractivity contribution in [1.82, 2.24) is 4.90 Å². The maximum absolute atomic E-state index is 11.9. The Morgan fingerprint density at radius 1 is 1.37 bits per heavy atom. The molecule has 19 heavy (non-hydrogen) atoms. The Labute approximate surface area is 115 Å². The molecule has 0 atom stereocenters. The lowest BCUT2D eigenvalue weighted by Gasteiger charge is -2.26. The van der Waals surface area contributed by atoms with Gasteiger partial charge in [0.15, 0.2) is 5.00 Å². The summed E-state index contributed by atoms with van der Waals surface area (Å²) in [6, 6.07) is 1.40. The van der Waals surface area contributed by atoms with Crippen molar-refractivity contribution in [1.29, 1.82) is 0 Å². The first-order valence-electron chi connectivity index (χ1n) is 6.25. The molecule has 1 amide bonds. The van der Waals surface area contributed by atoms with Crippen molar-refractivity contribution in [3.05, 3.63) is 21.1 Å². The molecule has 0 radical (unpaired) electrons. The van der Waals surface area contributed by atoms with Crippen LogP contribution in [0, 0.1) is 10.1 Å². The maximum Gasteiger partial charge on any atom is 0.304 e. The Morgan fingerprint density at radius 2 is 2.00 bits per heavy atom. The molecule has 0 aromatic carbocycles. The Balaban J connectivity index is 2.35. The van der Waals surface area contributed by atoms with Gasteiger partial charge >= 0.3 is 5.69 Å². The number of rotatable bonds is 3. The summed E-state index contributed by atoms with van der Waals surface area (Å²) in [6.45, 7) is 1.66. The Hall–Kier alpha value is -1.63. The van der Waals surface area contributed by atoms with Crippen LogP contribution in [0.4, 0.5) is 10.7 Å². The lowest BCUT2D eigenvalue weighted by atomic mass is 10.1. The van der Waals surface area contributed by atoms with E-state index in [1.807, 2.05) is 4.90 Å². The number of nitro groups is 1. The van der Waals surface area contributed by atoms with Gasteiger partial charge in [-0.3, -0.25) is 14.9 Å². The topological polar surface area (TPSA) is 66.7 Å². The van der Waals surface area contributed by atoms with Crippen LogP contribution in [-0.4, -0.2) is 42.9 Å². The standard InChI is InChI=1S/C12H17N3O3S/c1-13(2)11(16)10-8-9(15(17)18)12(19-10)14-6-4-3-5-7-14/h8H,3-7H2,1-2H3. The van der Waals surface area contributed by atoms with Crippen molar-refractivity contribution in [3.8, 4) is 0 Å². The summed E-state index contributed by atoms with van der Waals surface area (Å²) in [5, 5.41) is 11.8. The van der Waals surface area contributed by atoms with E-state index in [0.717, 1.165) is 25.9 Å². The highest BCUT2D eigenvalue weighted by Gasteiger charge is 2.27. The number of hydrogen-bond donors (Lipinski definition) is 0. The van der Waals surface area contributed by atoms with Crippen LogP contribution in [0.5, 0.6) is 0 Å². The first-order valence-corrected chi connectivity index (χ1v) is 7.07. The summed E-state index contributed by atoms with van der Waals surface area (Å²) in [4.78, 5) is 26.5. The van der Waals surface area contributed by atoms with Gasteiger partial charge in [0, 0.05) is 33.3 Å². The number of carbonyl (C=O) groups excluding carboxylic acids is 1. The number of piperidine rings is 1. The fourth-order valence-electron chi connectivity index (χ4n) is 2.15. The van der Waals surface area contributed by atoms with Crippen LogP contribution < -0.4 is 4.90 Å². The molecule has 2 heterocycles. The summed E-state index contributed by atoms with van der Waals surface area (Å²) in [5.74, 6) is -0.184. The molecule has 1 aromatic heterocycles. The predicted molar refractivity (Wildman–Crippen MR) is 75.1 cm³/mol. The van der Waals surface area contributed by atoms with Crippen LogP contribution in [0.25, 0.3) is 0 Å². The Kier molecular flexibility index (Phi) is 4.04. The number of amides is 1. The molecule has 1 fully saturated rings. The van der Waals surface area contributed by atoms with E-state index in [1.165, 1.54) is 28.7 Å². The highest BCUT2D eigenvalue weighted by Crippen LogP contribution is 2.39. The van der Waals surface area contributed by atoms with Gasteiger partial charge in [-0.15, -0.1) is 11.3 Å². The van der Waals surface area contributed by atoms with E-state index in [4.69, 9.17) is 0 Å². The smallest absolute Gasteiger partial charge is 0.304 e. The van der Waals surface area contributed by atoms with E-state index in [0.29, 0.717) is 9.88 Å². The van der Waals surface area contributed by atoms with Crippen LogP contribution in [0.3, 0.4) is 0 Å². The summed E-state index contributed by atoms with van der Waals surface area (Å²) in [5.41, 5.74) is 0.0529. The van der Waals surface area contributed by atoms with E-state index in [2.05, 4.69) is 0 Å². The highest BCUT2D eigenvalue weighted by atomic mass is 32.1. The largest absolute Gasteiger partial charge is 0.358 e. The zero-order valence-corrected chi connectivity index (χ0v) is 11.9. The predicted octanol–water partition coefficient (Wildman–Crippen LogP) is 2.35. The van der Waals surface area contributed by atoms with Crippen LogP contribution >= 0.6 is 11.3 Å². The van der Waals surface area contributed by atoms with Crippen molar-refractivity contribution in [2.75, 3.05) is 32.1 Å². The number of nitrogens with zero attached hydrogens (tertiary/aromatic N) is 3. The minimum Gasteiger partial charge on any atom is -0.358 e. The van der Waals surface area contributed by atoms with Crippen molar-refractivity contribution in [2.24, 2.45) is 0 Å². The summed E-state index contributed by atoms with van der Waals surface area (Å²) >= 11 is 1.22. The van der Waals surface area contributed by atoms with E-state index in [1.54, 1.807) is 14.1 Å². The second-order valence-electron chi connectivity index (χ2n) is 4.81. The van der Waals surface area contributed by atoms with Gasteiger partial charge in [0.1, 0.15) is 4.88 Å². The van der Waals surface area contributed by atoms with E-state index in [9.17, 15) is 14.9 Å². The van der Waals surface area contributed by atoms with E-state index in [-0.39, 0.29) is 11.6 Å². The van der Waals surface area contributed by atoms with Gasteiger partial charge < -0.3 is 9.80 Å². The van der Waals surface area contributed by atoms with Crippen LogP contribution in [-0.2, 0) is 0 Å². The first-order chi connectivity index (χ1) is 9.00. The average Bonchev–Trinajstić information content (AvgIpc) is 2.83. The van der Waals surface area contributed by atoms with Crippen molar-refractivity contribution in [2.45, 2.75) is 19.3 Å². The first kappa shape index (κ1) is 13.8. The van der Waals surface area contributed by atoms with Gasteiger partial charge in [0.25, 0.3) is 5.91 Å². The summed E-state index contributed by atoms with van der Waals surface area (Å²) < 4.78 is 0. The number of thiophene rings is 1. The molecular formula is C12H17N3O3S. The molecule has 7 heteroatoms. The van der Waals surface area contributed by atoms with Gasteiger partial charge in [0.2, 0.25) is 0 Å². The fraction of sp³-hybridized carbons (Fsp3) is 0.583. The molecule has 1 saturated heterocycles. The molecule has 0 bridgehead atoms. The van der Waals surface area contributed by atoms with E-state index >= 15 is 0 Å². The van der Waals surface area contributed by atoms with Crippen molar-refractivity contribution < 1.29 is 9.72 Å². The monoisotopic (exact) mass is 283 g/mol. The van der Waals surface area contributed by atoms with Crippen LogP contribution in [0.2, 0.25) is 0 Å². The molecule has 0 aliphatic carbocycles. The maximum atomic E-state index is 11.9. The zero-order valence-electron chi connectivity index (χ0n) is 11.1. The Bertz CT molecular complexity index is 492.